The predicted molar refractivity (Wildman–Crippen MR) is 75.8 cm³/mol. The largest absolute Gasteiger partial charge is 0.353 e. The van der Waals surface area contributed by atoms with E-state index in [1.54, 1.807) is 6.07 Å². The molecular weight excluding hydrogens is 248 g/mol. The average Bonchev–Trinajstić information content (AvgIpc) is 2.35. The van der Waals surface area contributed by atoms with Crippen LogP contribution in [0.3, 0.4) is 0 Å². The highest BCUT2D eigenvalue weighted by molar-refractivity contribution is 6.30. The molecule has 0 aliphatic heterocycles. The number of halogens is 1. The number of benzene rings is 1. The van der Waals surface area contributed by atoms with Gasteiger partial charge in [0, 0.05) is 11.1 Å². The van der Waals surface area contributed by atoms with E-state index in [1.807, 2.05) is 32.0 Å². The van der Waals surface area contributed by atoms with E-state index in [9.17, 15) is 4.79 Å². The number of carbonyl (C=O) groups is 1. The highest BCUT2D eigenvalue weighted by atomic mass is 35.5. The fraction of sp³-hybridized carbons (Fsp3) is 0.500. The van der Waals surface area contributed by atoms with E-state index in [0.29, 0.717) is 18.0 Å². The number of amides is 1. The molecule has 0 saturated carbocycles. The molecule has 0 heterocycles. The highest BCUT2D eigenvalue weighted by Crippen LogP contribution is 2.22. The molecule has 3 nitrogen and oxygen atoms in total. The van der Waals surface area contributed by atoms with E-state index >= 15 is 0 Å². The van der Waals surface area contributed by atoms with E-state index in [2.05, 4.69) is 5.32 Å². The average molecular weight is 269 g/mol. The van der Waals surface area contributed by atoms with Crippen molar-refractivity contribution in [3.63, 3.8) is 0 Å². The van der Waals surface area contributed by atoms with Gasteiger partial charge in [0.05, 0.1) is 5.92 Å². The molecule has 100 valence electrons. The Balaban J connectivity index is 2.85. The molecule has 1 amide bonds. The topological polar surface area (TPSA) is 55.1 Å². The van der Waals surface area contributed by atoms with Crippen molar-refractivity contribution in [1.82, 2.24) is 5.32 Å². The number of rotatable bonds is 6. The summed E-state index contributed by atoms with van der Waals surface area (Å²) in [5.41, 5.74) is 6.52. The molecule has 4 heteroatoms. The number of hydrogen-bond acceptors (Lipinski definition) is 2. The van der Waals surface area contributed by atoms with Gasteiger partial charge in [-0.1, -0.05) is 30.7 Å². The molecule has 0 aliphatic carbocycles. The molecule has 0 fully saturated rings. The van der Waals surface area contributed by atoms with E-state index in [1.165, 1.54) is 0 Å². The van der Waals surface area contributed by atoms with Gasteiger partial charge in [0.2, 0.25) is 5.91 Å². The molecule has 18 heavy (non-hydrogen) atoms. The lowest BCUT2D eigenvalue weighted by Gasteiger charge is -2.19. The summed E-state index contributed by atoms with van der Waals surface area (Å²) in [7, 11) is 0. The maximum absolute atomic E-state index is 12.2. The Bertz CT molecular complexity index is 395. The smallest absolute Gasteiger partial charge is 0.227 e. The second-order valence-corrected chi connectivity index (χ2v) is 4.94. The van der Waals surface area contributed by atoms with Gasteiger partial charge in [0.25, 0.3) is 0 Å². The molecule has 0 spiro atoms. The van der Waals surface area contributed by atoms with Gasteiger partial charge in [-0.3, -0.25) is 4.79 Å². The Morgan fingerprint density at radius 3 is 2.78 bits per heavy atom. The van der Waals surface area contributed by atoms with Crippen LogP contribution in [0.5, 0.6) is 0 Å². The zero-order chi connectivity index (χ0) is 13.5. The Morgan fingerprint density at radius 1 is 1.50 bits per heavy atom. The van der Waals surface area contributed by atoms with E-state index in [4.69, 9.17) is 17.3 Å². The lowest BCUT2D eigenvalue weighted by Crippen LogP contribution is -2.36. The standard InChI is InChI=1S/C14H21ClN2O/c1-3-10(2)17-14(18)13(7-8-16)11-5-4-6-12(15)9-11/h4-6,9-10,13H,3,7-8,16H2,1-2H3,(H,17,18). The Morgan fingerprint density at radius 2 is 2.22 bits per heavy atom. The predicted octanol–water partition coefficient (Wildman–Crippen LogP) is 2.69. The number of nitrogens with one attached hydrogen (secondary N) is 1. The molecule has 0 aliphatic rings. The van der Waals surface area contributed by atoms with Gasteiger partial charge in [-0.05, 0) is 44.0 Å². The molecule has 0 radical (unpaired) electrons. The van der Waals surface area contributed by atoms with Crippen molar-refractivity contribution in [3.05, 3.63) is 34.9 Å². The van der Waals surface area contributed by atoms with Gasteiger partial charge < -0.3 is 11.1 Å². The molecule has 0 aromatic heterocycles. The summed E-state index contributed by atoms with van der Waals surface area (Å²) in [4.78, 5) is 12.2. The quantitative estimate of drug-likeness (QED) is 0.833. The second-order valence-electron chi connectivity index (χ2n) is 4.50. The van der Waals surface area contributed by atoms with E-state index in [-0.39, 0.29) is 17.9 Å². The van der Waals surface area contributed by atoms with Crippen LogP contribution in [0.15, 0.2) is 24.3 Å². The first-order valence-electron chi connectivity index (χ1n) is 6.34. The van der Waals surface area contributed by atoms with Crippen molar-refractivity contribution in [2.75, 3.05) is 6.54 Å². The zero-order valence-electron chi connectivity index (χ0n) is 10.9. The number of hydrogen-bond donors (Lipinski definition) is 2. The van der Waals surface area contributed by atoms with Crippen molar-refractivity contribution in [2.24, 2.45) is 5.73 Å². The van der Waals surface area contributed by atoms with Gasteiger partial charge in [0.1, 0.15) is 0 Å². The minimum atomic E-state index is -0.220. The Kier molecular flexibility index (Phi) is 6.16. The van der Waals surface area contributed by atoms with Crippen LogP contribution in [-0.2, 0) is 4.79 Å². The summed E-state index contributed by atoms with van der Waals surface area (Å²) in [6.45, 7) is 4.52. The zero-order valence-corrected chi connectivity index (χ0v) is 11.7. The summed E-state index contributed by atoms with van der Waals surface area (Å²) >= 11 is 5.96. The summed E-state index contributed by atoms with van der Waals surface area (Å²) < 4.78 is 0. The number of carbonyl (C=O) groups excluding carboxylic acids is 1. The first-order valence-corrected chi connectivity index (χ1v) is 6.72. The van der Waals surface area contributed by atoms with Gasteiger partial charge >= 0.3 is 0 Å². The van der Waals surface area contributed by atoms with Crippen molar-refractivity contribution in [3.8, 4) is 0 Å². The molecule has 1 aromatic carbocycles. The first kappa shape index (κ1) is 15.0. The first-order chi connectivity index (χ1) is 8.58. The van der Waals surface area contributed by atoms with Crippen LogP contribution in [0.4, 0.5) is 0 Å². The third-order valence-electron chi connectivity index (χ3n) is 3.02. The summed E-state index contributed by atoms with van der Waals surface area (Å²) in [6, 6.07) is 7.59. The molecule has 0 saturated heterocycles. The summed E-state index contributed by atoms with van der Waals surface area (Å²) in [5, 5.41) is 3.64. The monoisotopic (exact) mass is 268 g/mol. The molecule has 1 rings (SSSR count). The molecular formula is C14H21ClN2O. The van der Waals surface area contributed by atoms with Crippen LogP contribution < -0.4 is 11.1 Å². The Hall–Kier alpha value is -1.06. The van der Waals surface area contributed by atoms with Crippen LogP contribution in [0, 0.1) is 0 Å². The van der Waals surface area contributed by atoms with Crippen molar-refractivity contribution in [2.45, 2.75) is 38.6 Å². The van der Waals surface area contributed by atoms with Gasteiger partial charge in [0.15, 0.2) is 0 Å². The van der Waals surface area contributed by atoms with Crippen molar-refractivity contribution >= 4 is 17.5 Å². The van der Waals surface area contributed by atoms with Gasteiger partial charge in [-0.2, -0.15) is 0 Å². The second kappa shape index (κ2) is 7.39. The number of nitrogens with two attached hydrogens (primary N) is 1. The van der Waals surface area contributed by atoms with Crippen LogP contribution in [0.25, 0.3) is 0 Å². The molecule has 3 N–H and O–H groups in total. The lowest BCUT2D eigenvalue weighted by atomic mass is 9.94. The van der Waals surface area contributed by atoms with Crippen LogP contribution >= 0.6 is 11.6 Å². The third kappa shape index (κ3) is 4.31. The molecule has 0 bridgehead atoms. The third-order valence-corrected chi connectivity index (χ3v) is 3.26. The van der Waals surface area contributed by atoms with E-state index < -0.39 is 0 Å². The normalized spacial score (nSPS) is 14.0. The molecule has 2 unspecified atom stereocenters. The fourth-order valence-electron chi connectivity index (χ4n) is 1.78. The van der Waals surface area contributed by atoms with E-state index in [0.717, 1.165) is 12.0 Å². The van der Waals surface area contributed by atoms with Crippen LogP contribution in [0.2, 0.25) is 5.02 Å². The van der Waals surface area contributed by atoms with Gasteiger partial charge in [-0.15, -0.1) is 0 Å². The van der Waals surface area contributed by atoms with Crippen molar-refractivity contribution < 1.29 is 4.79 Å². The van der Waals surface area contributed by atoms with Crippen LogP contribution in [0.1, 0.15) is 38.2 Å². The minimum Gasteiger partial charge on any atom is -0.353 e. The van der Waals surface area contributed by atoms with Crippen LogP contribution in [-0.4, -0.2) is 18.5 Å². The fourth-order valence-corrected chi connectivity index (χ4v) is 1.98. The Labute approximate surface area is 114 Å². The highest BCUT2D eigenvalue weighted by Gasteiger charge is 2.20. The van der Waals surface area contributed by atoms with Crippen molar-refractivity contribution in [1.29, 1.82) is 0 Å². The molecule has 1 aromatic rings. The maximum Gasteiger partial charge on any atom is 0.227 e. The minimum absolute atomic E-state index is 0.0251. The summed E-state index contributed by atoms with van der Waals surface area (Å²) in [6.07, 6.45) is 1.54. The summed E-state index contributed by atoms with van der Waals surface area (Å²) in [5.74, 6) is -0.195. The lowest BCUT2D eigenvalue weighted by molar-refractivity contribution is -0.123. The molecule has 2 atom stereocenters. The maximum atomic E-state index is 12.2. The van der Waals surface area contributed by atoms with Gasteiger partial charge in [-0.25, -0.2) is 0 Å². The SMILES string of the molecule is CCC(C)NC(=O)C(CCN)c1cccc(Cl)c1.